The Hall–Kier alpha value is -1.71. The summed E-state index contributed by atoms with van der Waals surface area (Å²) >= 11 is 0. The minimum absolute atomic E-state index is 0.128. The molecule has 1 rings (SSSR count). The monoisotopic (exact) mass is 315 g/mol. The number of benzene rings is 1. The molecule has 8 heteroatoms. The minimum Gasteiger partial charge on any atom is -0.508 e. The van der Waals surface area contributed by atoms with Crippen LogP contribution in [-0.2, 0) is 11.2 Å². The number of hydrogen-bond donors (Lipinski definition) is 7. The van der Waals surface area contributed by atoms with Crippen LogP contribution in [0.3, 0.4) is 0 Å². The smallest absolute Gasteiger partial charge is 0.251 e. The van der Waals surface area contributed by atoms with Gasteiger partial charge in [-0.05, 0) is 24.1 Å². The average molecular weight is 315 g/mol. The lowest BCUT2D eigenvalue weighted by Gasteiger charge is -2.24. The average Bonchev–Trinajstić information content (AvgIpc) is 2.53. The van der Waals surface area contributed by atoms with Gasteiger partial charge in [0.05, 0.1) is 6.61 Å². The molecule has 0 bridgehead atoms. The highest BCUT2D eigenvalue weighted by Crippen LogP contribution is 2.10. The molecule has 0 saturated heterocycles. The Labute approximate surface area is 127 Å². The van der Waals surface area contributed by atoms with Crippen LogP contribution >= 0.6 is 0 Å². The molecule has 8 nitrogen and oxygen atoms in total. The van der Waals surface area contributed by atoms with E-state index in [-0.39, 0.29) is 12.3 Å². The van der Waals surface area contributed by atoms with E-state index in [2.05, 4.69) is 5.32 Å². The second kappa shape index (κ2) is 8.66. The molecule has 4 atom stereocenters. The maximum Gasteiger partial charge on any atom is 0.251 e. The predicted molar refractivity (Wildman–Crippen MR) is 75.9 cm³/mol. The van der Waals surface area contributed by atoms with Gasteiger partial charge >= 0.3 is 0 Å². The highest BCUT2D eigenvalue weighted by molar-refractivity contribution is 5.81. The van der Waals surface area contributed by atoms with Crippen molar-refractivity contribution in [2.45, 2.75) is 30.8 Å². The number of carbonyl (C=O) groups is 1. The molecule has 0 aliphatic carbocycles. The summed E-state index contributed by atoms with van der Waals surface area (Å²) < 4.78 is 0. The molecule has 1 aromatic rings. The van der Waals surface area contributed by atoms with Gasteiger partial charge in [0.1, 0.15) is 24.1 Å². The molecule has 0 aliphatic heterocycles. The van der Waals surface area contributed by atoms with Gasteiger partial charge in [-0.15, -0.1) is 0 Å². The van der Waals surface area contributed by atoms with Crippen LogP contribution in [0.4, 0.5) is 0 Å². The lowest BCUT2D eigenvalue weighted by atomic mass is 10.0. The summed E-state index contributed by atoms with van der Waals surface area (Å²) in [7, 11) is 0. The first kappa shape index (κ1) is 18.3. The highest BCUT2D eigenvalue weighted by atomic mass is 16.4. The van der Waals surface area contributed by atoms with Gasteiger partial charge < -0.3 is 36.0 Å². The van der Waals surface area contributed by atoms with Crippen LogP contribution in [0.5, 0.6) is 5.75 Å². The fraction of sp³-hybridized carbons (Fsp3) is 0.500. The highest BCUT2D eigenvalue weighted by Gasteiger charge is 2.33. The van der Waals surface area contributed by atoms with Crippen molar-refractivity contribution in [3.63, 3.8) is 0 Å². The van der Waals surface area contributed by atoms with E-state index in [0.717, 1.165) is 5.56 Å². The fourth-order valence-electron chi connectivity index (χ4n) is 1.77. The zero-order chi connectivity index (χ0) is 16.7. The van der Waals surface area contributed by atoms with Crippen LogP contribution in [0.15, 0.2) is 24.3 Å². The quantitative estimate of drug-likeness (QED) is 0.280. The molecule has 0 spiro atoms. The van der Waals surface area contributed by atoms with Gasteiger partial charge in [0, 0.05) is 6.54 Å². The number of amides is 1. The SMILES string of the molecule is O=C(NCCc1ccc(O)cc1)[C@H](O)[C@@H](O)[C@@H](O)[C@H](O)CO. The summed E-state index contributed by atoms with van der Waals surface area (Å²) in [5, 5.41) is 57.8. The van der Waals surface area contributed by atoms with Gasteiger partial charge in [0.2, 0.25) is 0 Å². The molecule has 0 heterocycles. The minimum atomic E-state index is -1.93. The lowest BCUT2D eigenvalue weighted by molar-refractivity contribution is -0.148. The van der Waals surface area contributed by atoms with E-state index in [4.69, 9.17) is 15.3 Å². The molecule has 0 aromatic heterocycles. The predicted octanol–water partition coefficient (Wildman–Crippen LogP) is -2.51. The summed E-state index contributed by atoms with van der Waals surface area (Å²) in [6, 6.07) is 6.35. The van der Waals surface area contributed by atoms with E-state index in [1.165, 1.54) is 12.1 Å². The molecule has 7 N–H and O–H groups in total. The Bertz CT molecular complexity index is 465. The van der Waals surface area contributed by atoms with Crippen molar-refractivity contribution in [1.82, 2.24) is 5.32 Å². The number of hydrogen-bond acceptors (Lipinski definition) is 7. The van der Waals surface area contributed by atoms with E-state index < -0.39 is 36.9 Å². The van der Waals surface area contributed by atoms with Crippen LogP contribution in [0.1, 0.15) is 5.56 Å². The molecule has 0 unspecified atom stereocenters. The standard InChI is InChI=1S/C14H21NO7/c16-7-10(18)11(19)12(20)13(21)14(22)15-6-5-8-1-3-9(17)4-2-8/h1-4,10-13,16-21H,5-7H2,(H,15,22)/t10-,11+,12+,13-/m1/s1. The summed E-state index contributed by atoms with van der Waals surface area (Å²) in [5.74, 6) is -0.779. The number of aromatic hydroxyl groups is 1. The first-order valence-corrected chi connectivity index (χ1v) is 6.75. The molecule has 124 valence electrons. The van der Waals surface area contributed by atoms with E-state index in [1.54, 1.807) is 12.1 Å². The Kier molecular flexibility index (Phi) is 7.22. The van der Waals surface area contributed by atoms with Gasteiger partial charge in [0.25, 0.3) is 5.91 Å². The number of carbonyl (C=O) groups excluding carboxylic acids is 1. The van der Waals surface area contributed by atoms with Crippen molar-refractivity contribution in [2.24, 2.45) is 0 Å². The topological polar surface area (TPSA) is 150 Å². The van der Waals surface area contributed by atoms with Crippen LogP contribution in [-0.4, -0.2) is 74.1 Å². The van der Waals surface area contributed by atoms with Gasteiger partial charge in [-0.1, -0.05) is 12.1 Å². The van der Waals surface area contributed by atoms with Crippen LogP contribution < -0.4 is 5.32 Å². The molecule has 0 radical (unpaired) electrons. The van der Waals surface area contributed by atoms with Crippen LogP contribution in [0.25, 0.3) is 0 Å². The molecule has 0 fully saturated rings. The fourth-order valence-corrected chi connectivity index (χ4v) is 1.77. The lowest BCUT2D eigenvalue weighted by Crippen LogP contribution is -2.51. The largest absolute Gasteiger partial charge is 0.508 e. The molecule has 0 saturated carbocycles. The van der Waals surface area contributed by atoms with E-state index >= 15 is 0 Å². The Balaban J connectivity index is 2.42. The Morgan fingerprint density at radius 3 is 2.18 bits per heavy atom. The summed E-state index contributed by atoms with van der Waals surface area (Å²) in [4.78, 5) is 11.6. The summed E-state index contributed by atoms with van der Waals surface area (Å²) in [6.07, 6.45) is -6.92. The second-order valence-corrected chi connectivity index (χ2v) is 4.88. The molecule has 0 aliphatic rings. The zero-order valence-electron chi connectivity index (χ0n) is 11.8. The number of phenolic OH excluding ortho intramolecular Hbond substituents is 1. The maximum absolute atomic E-state index is 11.6. The third kappa shape index (κ3) is 5.24. The number of rotatable bonds is 8. The van der Waals surface area contributed by atoms with Crippen molar-refractivity contribution in [3.05, 3.63) is 29.8 Å². The normalized spacial score (nSPS) is 16.6. The first-order chi connectivity index (χ1) is 10.4. The van der Waals surface area contributed by atoms with E-state index in [0.29, 0.717) is 6.42 Å². The third-order valence-corrected chi connectivity index (χ3v) is 3.17. The van der Waals surface area contributed by atoms with Crippen LogP contribution in [0.2, 0.25) is 0 Å². The first-order valence-electron chi connectivity index (χ1n) is 6.75. The number of aliphatic hydroxyl groups is 5. The van der Waals surface area contributed by atoms with Crippen molar-refractivity contribution in [1.29, 1.82) is 0 Å². The maximum atomic E-state index is 11.6. The summed E-state index contributed by atoms with van der Waals surface area (Å²) in [6.45, 7) is -0.639. The number of aliphatic hydroxyl groups excluding tert-OH is 5. The Morgan fingerprint density at radius 2 is 1.64 bits per heavy atom. The summed E-state index contributed by atoms with van der Waals surface area (Å²) in [5.41, 5.74) is 0.851. The van der Waals surface area contributed by atoms with Crippen molar-refractivity contribution < 1.29 is 35.4 Å². The van der Waals surface area contributed by atoms with E-state index in [1.807, 2.05) is 0 Å². The molecule has 1 aromatic carbocycles. The van der Waals surface area contributed by atoms with Gasteiger partial charge in [0.15, 0.2) is 6.10 Å². The number of phenols is 1. The zero-order valence-corrected chi connectivity index (χ0v) is 11.8. The van der Waals surface area contributed by atoms with Crippen molar-refractivity contribution in [2.75, 3.05) is 13.2 Å². The second-order valence-electron chi connectivity index (χ2n) is 4.88. The Morgan fingerprint density at radius 1 is 1.05 bits per heavy atom. The number of nitrogens with one attached hydrogen (secondary N) is 1. The van der Waals surface area contributed by atoms with Gasteiger partial charge in [-0.25, -0.2) is 0 Å². The molecular formula is C14H21NO7. The van der Waals surface area contributed by atoms with Gasteiger partial charge in [-0.3, -0.25) is 4.79 Å². The molecule has 1 amide bonds. The van der Waals surface area contributed by atoms with Crippen molar-refractivity contribution >= 4 is 5.91 Å². The van der Waals surface area contributed by atoms with E-state index in [9.17, 15) is 20.1 Å². The van der Waals surface area contributed by atoms with Crippen molar-refractivity contribution in [3.8, 4) is 5.75 Å². The molecule has 22 heavy (non-hydrogen) atoms. The van der Waals surface area contributed by atoms with Gasteiger partial charge in [-0.2, -0.15) is 0 Å². The van der Waals surface area contributed by atoms with Crippen LogP contribution in [0, 0.1) is 0 Å². The third-order valence-electron chi connectivity index (χ3n) is 3.17. The molecular weight excluding hydrogens is 294 g/mol.